The predicted octanol–water partition coefficient (Wildman–Crippen LogP) is 4.54. The molecule has 0 amide bonds. The summed E-state index contributed by atoms with van der Waals surface area (Å²) in [6, 6.07) is 0. The number of allylic oxidation sites excluding steroid dienone is 2. The molecule has 134 valence electrons. The van der Waals surface area contributed by atoms with E-state index in [1.54, 1.807) is 6.92 Å². The molecule has 2 rings (SSSR count). The Hall–Kier alpha value is -2.22. The van der Waals surface area contributed by atoms with Crippen LogP contribution in [0.5, 0.6) is 0 Å². The molecule has 0 heterocycles. The molecule has 0 bridgehead atoms. The molecular formula is C20H21F3O2. The Bertz CT molecular complexity index is 772. The zero-order valence-corrected chi connectivity index (χ0v) is 14.8. The van der Waals surface area contributed by atoms with Crippen LogP contribution in [0.15, 0.2) is 12.2 Å². The molecule has 1 saturated carbocycles. The first kappa shape index (κ1) is 19.1. The van der Waals surface area contributed by atoms with Crippen LogP contribution in [0.25, 0.3) is 0 Å². The van der Waals surface area contributed by atoms with Crippen LogP contribution in [0.2, 0.25) is 0 Å². The summed E-state index contributed by atoms with van der Waals surface area (Å²) in [5.74, 6) is -2.66. The number of terminal acetylenes is 1. The topological polar surface area (TPSA) is 26.3 Å². The van der Waals surface area contributed by atoms with Gasteiger partial charge in [0.25, 0.3) is 0 Å². The number of esters is 1. The molecule has 5 heteroatoms. The number of rotatable bonds is 5. The average Bonchev–Trinajstić information content (AvgIpc) is 3.11. The zero-order chi connectivity index (χ0) is 18.9. The fraction of sp³-hybridized carbons (Fsp3) is 0.450. The molecule has 1 aliphatic rings. The summed E-state index contributed by atoms with van der Waals surface area (Å²) in [6.07, 6.45) is 8.93. The van der Waals surface area contributed by atoms with Crippen LogP contribution in [0.1, 0.15) is 44.4 Å². The van der Waals surface area contributed by atoms with Crippen LogP contribution in [0, 0.1) is 47.0 Å². The van der Waals surface area contributed by atoms with Crippen LogP contribution in [0.4, 0.5) is 13.2 Å². The summed E-state index contributed by atoms with van der Waals surface area (Å²) in [5, 5.41) is 0. The lowest BCUT2D eigenvalue weighted by molar-refractivity contribution is -0.147. The Balaban J connectivity index is 2.25. The molecule has 2 nitrogen and oxygen atoms in total. The SMILES string of the molecule is C#Cc1c(F)c(F)c(COC(=O)[C@@H]2[C@@H](/C=C\C)C2(C)C)c(CC)c1F. The molecule has 1 aliphatic carbocycles. The molecule has 1 fully saturated rings. The summed E-state index contributed by atoms with van der Waals surface area (Å²) < 4.78 is 47.6. The van der Waals surface area contributed by atoms with E-state index in [4.69, 9.17) is 11.2 Å². The maximum atomic E-state index is 14.3. The zero-order valence-electron chi connectivity index (χ0n) is 14.8. The summed E-state index contributed by atoms with van der Waals surface area (Å²) in [5.41, 5.74) is -1.36. The number of halogens is 3. The van der Waals surface area contributed by atoms with Gasteiger partial charge in [-0.05, 0) is 30.2 Å². The van der Waals surface area contributed by atoms with Gasteiger partial charge in [-0.3, -0.25) is 4.79 Å². The van der Waals surface area contributed by atoms with Crippen LogP contribution in [0.3, 0.4) is 0 Å². The van der Waals surface area contributed by atoms with Gasteiger partial charge < -0.3 is 4.74 Å². The van der Waals surface area contributed by atoms with Crippen LogP contribution < -0.4 is 0 Å². The Morgan fingerprint density at radius 1 is 1.24 bits per heavy atom. The molecule has 0 unspecified atom stereocenters. The number of ether oxygens (including phenoxy) is 1. The third kappa shape index (κ3) is 3.18. The van der Waals surface area contributed by atoms with Crippen LogP contribution in [-0.2, 0) is 22.6 Å². The second-order valence-electron chi connectivity index (χ2n) is 6.73. The molecule has 0 aromatic heterocycles. The van der Waals surface area contributed by atoms with Gasteiger partial charge in [0, 0.05) is 5.56 Å². The molecule has 25 heavy (non-hydrogen) atoms. The molecule has 1 aromatic rings. The third-order valence-corrected chi connectivity index (χ3v) is 4.95. The Morgan fingerprint density at radius 3 is 2.40 bits per heavy atom. The van der Waals surface area contributed by atoms with Gasteiger partial charge in [-0.2, -0.15) is 0 Å². The first-order valence-corrected chi connectivity index (χ1v) is 8.16. The van der Waals surface area contributed by atoms with Crippen molar-refractivity contribution in [3.63, 3.8) is 0 Å². The Labute approximate surface area is 146 Å². The maximum Gasteiger partial charge on any atom is 0.310 e. The maximum absolute atomic E-state index is 14.3. The minimum atomic E-state index is -1.43. The minimum Gasteiger partial charge on any atom is -0.460 e. The summed E-state index contributed by atoms with van der Waals surface area (Å²) in [6.45, 7) is 6.79. The number of hydrogen-bond donors (Lipinski definition) is 0. The minimum absolute atomic E-state index is 0.0396. The highest BCUT2D eigenvalue weighted by atomic mass is 19.2. The van der Waals surface area contributed by atoms with E-state index in [-0.39, 0.29) is 34.8 Å². The van der Waals surface area contributed by atoms with Crippen molar-refractivity contribution in [3.05, 3.63) is 46.3 Å². The van der Waals surface area contributed by atoms with E-state index in [9.17, 15) is 18.0 Å². The van der Waals surface area contributed by atoms with Crippen molar-refractivity contribution in [2.45, 2.75) is 40.7 Å². The lowest BCUT2D eigenvalue weighted by Crippen LogP contribution is -2.14. The van der Waals surface area contributed by atoms with Crippen LogP contribution in [-0.4, -0.2) is 5.97 Å². The monoisotopic (exact) mass is 350 g/mol. The molecule has 0 N–H and O–H groups in total. The van der Waals surface area contributed by atoms with E-state index in [0.29, 0.717) is 0 Å². The molecule has 0 aliphatic heterocycles. The number of benzene rings is 1. The van der Waals surface area contributed by atoms with E-state index in [2.05, 4.69) is 0 Å². The highest BCUT2D eigenvalue weighted by Gasteiger charge is 2.61. The van der Waals surface area contributed by atoms with Gasteiger partial charge >= 0.3 is 5.97 Å². The van der Waals surface area contributed by atoms with E-state index in [1.165, 1.54) is 0 Å². The molecule has 0 saturated heterocycles. The van der Waals surface area contributed by atoms with Crippen molar-refractivity contribution in [2.24, 2.45) is 17.3 Å². The van der Waals surface area contributed by atoms with E-state index in [1.807, 2.05) is 38.8 Å². The van der Waals surface area contributed by atoms with E-state index < -0.39 is 35.6 Å². The second kappa shape index (κ2) is 6.95. The van der Waals surface area contributed by atoms with Gasteiger partial charge in [0.2, 0.25) is 0 Å². The Kier molecular flexibility index (Phi) is 5.31. The average molecular weight is 350 g/mol. The molecule has 2 atom stereocenters. The first-order valence-electron chi connectivity index (χ1n) is 8.16. The molecule has 0 spiro atoms. The quantitative estimate of drug-likeness (QED) is 0.337. The van der Waals surface area contributed by atoms with Crippen molar-refractivity contribution in [1.82, 2.24) is 0 Å². The summed E-state index contributed by atoms with van der Waals surface area (Å²) in [7, 11) is 0. The highest BCUT2D eigenvalue weighted by Crippen LogP contribution is 2.59. The third-order valence-electron chi connectivity index (χ3n) is 4.95. The number of carbonyl (C=O) groups excluding carboxylic acids is 1. The predicted molar refractivity (Wildman–Crippen MR) is 89.0 cm³/mol. The highest BCUT2D eigenvalue weighted by molar-refractivity contribution is 5.78. The largest absolute Gasteiger partial charge is 0.460 e. The smallest absolute Gasteiger partial charge is 0.310 e. The fourth-order valence-corrected chi connectivity index (χ4v) is 3.33. The van der Waals surface area contributed by atoms with E-state index in [0.717, 1.165) is 0 Å². The summed E-state index contributed by atoms with van der Waals surface area (Å²) in [4.78, 5) is 12.3. The lowest BCUT2D eigenvalue weighted by Gasteiger charge is -2.14. The number of carbonyl (C=O) groups is 1. The van der Waals surface area contributed by atoms with Gasteiger partial charge in [-0.1, -0.05) is 38.8 Å². The van der Waals surface area contributed by atoms with Crippen molar-refractivity contribution in [1.29, 1.82) is 0 Å². The number of hydrogen-bond acceptors (Lipinski definition) is 2. The van der Waals surface area contributed by atoms with Gasteiger partial charge in [-0.25, -0.2) is 13.2 Å². The first-order chi connectivity index (χ1) is 11.7. The van der Waals surface area contributed by atoms with Gasteiger partial charge in [-0.15, -0.1) is 6.42 Å². The van der Waals surface area contributed by atoms with Gasteiger partial charge in [0.15, 0.2) is 11.6 Å². The lowest BCUT2D eigenvalue weighted by atomic mass is 10.00. The summed E-state index contributed by atoms with van der Waals surface area (Å²) >= 11 is 0. The second-order valence-corrected chi connectivity index (χ2v) is 6.73. The van der Waals surface area contributed by atoms with E-state index >= 15 is 0 Å². The van der Waals surface area contributed by atoms with Crippen molar-refractivity contribution in [2.75, 3.05) is 0 Å². The molecule has 1 aromatic carbocycles. The normalized spacial score (nSPS) is 21.2. The van der Waals surface area contributed by atoms with Gasteiger partial charge in [0.1, 0.15) is 12.4 Å². The Morgan fingerprint density at radius 2 is 1.88 bits per heavy atom. The fourth-order valence-electron chi connectivity index (χ4n) is 3.33. The molecular weight excluding hydrogens is 329 g/mol. The van der Waals surface area contributed by atoms with Gasteiger partial charge in [0.05, 0.1) is 11.5 Å². The van der Waals surface area contributed by atoms with Crippen molar-refractivity contribution < 1.29 is 22.7 Å². The van der Waals surface area contributed by atoms with Crippen molar-refractivity contribution >= 4 is 5.97 Å². The van der Waals surface area contributed by atoms with Crippen LogP contribution >= 0.6 is 0 Å². The molecule has 0 radical (unpaired) electrons. The standard InChI is InChI=1S/C20H21F3O2/c1-6-9-14-15(20(14,4)5)19(24)25-10-13-11(7-2)16(21)12(8-3)17(22)18(13)23/h3,6,9,14-15H,7,10H2,1-2,4-5H3/b9-6-/t14-,15+/m1/s1. The van der Waals surface area contributed by atoms with Crippen molar-refractivity contribution in [3.8, 4) is 12.3 Å².